The maximum Gasteiger partial charge on any atom is 0.534 e. The van der Waals surface area contributed by atoms with Gasteiger partial charge in [-0.3, -0.25) is 4.90 Å². The minimum atomic E-state index is -6.07. The maximum absolute atomic E-state index is 12.3. The molecular formula is C10H10F3NO7S. The molecule has 0 aromatic rings. The Kier molecular flexibility index (Phi) is 3.55. The van der Waals surface area contributed by atoms with Crippen molar-refractivity contribution in [3.05, 3.63) is 11.3 Å². The van der Waals surface area contributed by atoms with Crippen LogP contribution in [0.4, 0.5) is 18.0 Å². The Morgan fingerprint density at radius 2 is 1.77 bits per heavy atom. The second-order valence-electron chi connectivity index (χ2n) is 4.96. The molecule has 124 valence electrons. The highest BCUT2D eigenvalue weighted by Crippen LogP contribution is 2.50. The summed E-state index contributed by atoms with van der Waals surface area (Å²) in [6.07, 6.45) is -1.21. The van der Waals surface area contributed by atoms with Crippen molar-refractivity contribution in [2.75, 3.05) is 6.54 Å². The van der Waals surface area contributed by atoms with Crippen LogP contribution in [0.2, 0.25) is 0 Å². The predicted octanol–water partition coefficient (Wildman–Crippen LogP) is 1.11. The van der Waals surface area contributed by atoms with Gasteiger partial charge in [0.25, 0.3) is 0 Å². The number of halogens is 3. The number of hydrogen-bond acceptors (Lipinski definition) is 5. The number of nitrogens with zero attached hydrogens (tertiary/aromatic N) is 1. The summed E-state index contributed by atoms with van der Waals surface area (Å²) >= 11 is 0. The largest absolute Gasteiger partial charge is 0.534 e. The van der Waals surface area contributed by atoms with Crippen molar-refractivity contribution in [1.29, 1.82) is 0 Å². The third-order valence-electron chi connectivity index (χ3n) is 3.53. The topological polar surface area (TPSA) is 121 Å². The van der Waals surface area contributed by atoms with Crippen molar-refractivity contribution in [3.8, 4) is 0 Å². The number of alkyl halides is 3. The fourth-order valence-electron chi connectivity index (χ4n) is 2.24. The van der Waals surface area contributed by atoms with E-state index in [0.717, 1.165) is 0 Å². The Labute approximate surface area is 121 Å². The smallest absolute Gasteiger partial charge is 0.478 e. The van der Waals surface area contributed by atoms with Crippen molar-refractivity contribution >= 4 is 22.2 Å². The van der Waals surface area contributed by atoms with Crippen LogP contribution in [-0.2, 0) is 19.1 Å². The van der Waals surface area contributed by atoms with E-state index in [1.165, 1.54) is 0 Å². The van der Waals surface area contributed by atoms with E-state index in [9.17, 15) is 31.2 Å². The zero-order chi connectivity index (χ0) is 16.9. The molecule has 12 heteroatoms. The van der Waals surface area contributed by atoms with Crippen LogP contribution in [0, 0.1) is 0 Å². The molecular weight excluding hydrogens is 335 g/mol. The quantitative estimate of drug-likeness (QED) is 0.580. The van der Waals surface area contributed by atoms with Crippen molar-refractivity contribution in [2.24, 2.45) is 0 Å². The van der Waals surface area contributed by atoms with E-state index in [1.54, 1.807) is 0 Å². The van der Waals surface area contributed by atoms with Crippen LogP contribution in [0.3, 0.4) is 0 Å². The highest BCUT2D eigenvalue weighted by atomic mass is 32.2. The van der Waals surface area contributed by atoms with Crippen LogP contribution in [-0.4, -0.2) is 53.2 Å². The highest BCUT2D eigenvalue weighted by molar-refractivity contribution is 7.87. The summed E-state index contributed by atoms with van der Waals surface area (Å²) in [5.41, 5.74) is -7.41. The molecule has 2 aliphatic rings. The van der Waals surface area contributed by atoms with Crippen molar-refractivity contribution < 1.29 is 45.6 Å². The summed E-state index contributed by atoms with van der Waals surface area (Å²) < 4.78 is 62.8. The molecule has 8 nitrogen and oxygen atoms in total. The molecule has 0 bridgehead atoms. The van der Waals surface area contributed by atoms with Gasteiger partial charge in [0.1, 0.15) is 5.76 Å². The number of carbonyl (C=O) groups is 2. The first-order valence-electron chi connectivity index (χ1n) is 5.86. The van der Waals surface area contributed by atoms with Crippen molar-refractivity contribution in [1.82, 2.24) is 4.90 Å². The van der Waals surface area contributed by atoms with Gasteiger partial charge in [-0.25, -0.2) is 9.59 Å². The molecule has 2 N–H and O–H groups in total. The molecule has 1 aliphatic heterocycles. The molecule has 2 rings (SSSR count). The third kappa shape index (κ3) is 2.69. The Hall–Kier alpha value is -1.98. The monoisotopic (exact) mass is 345 g/mol. The molecule has 0 unspecified atom stereocenters. The van der Waals surface area contributed by atoms with Crippen molar-refractivity contribution in [3.63, 3.8) is 0 Å². The molecule has 22 heavy (non-hydrogen) atoms. The van der Waals surface area contributed by atoms with Gasteiger partial charge in [-0.1, -0.05) is 0 Å². The van der Waals surface area contributed by atoms with E-state index in [0.29, 0.717) is 17.7 Å². The zero-order valence-corrected chi connectivity index (χ0v) is 11.6. The third-order valence-corrected chi connectivity index (χ3v) is 4.51. The number of carboxylic acids is 1. The van der Waals surface area contributed by atoms with Gasteiger partial charge in [-0.15, -0.1) is 0 Å². The maximum atomic E-state index is 12.3. The Bertz CT molecular complexity index is 662. The van der Waals surface area contributed by atoms with Crippen LogP contribution >= 0.6 is 0 Å². The summed E-state index contributed by atoms with van der Waals surface area (Å²) in [6.45, 7) is -0.869. The highest BCUT2D eigenvalue weighted by Gasteiger charge is 2.56. The summed E-state index contributed by atoms with van der Waals surface area (Å²) in [5, 5.41) is 18.1. The molecule has 0 atom stereocenters. The minimum Gasteiger partial charge on any atom is -0.478 e. The lowest BCUT2D eigenvalue weighted by molar-refractivity contribution is -0.133. The van der Waals surface area contributed by atoms with Crippen LogP contribution in [0.15, 0.2) is 11.3 Å². The lowest BCUT2D eigenvalue weighted by Crippen LogP contribution is -2.47. The van der Waals surface area contributed by atoms with E-state index in [1.807, 2.05) is 0 Å². The fourth-order valence-corrected chi connectivity index (χ4v) is 2.76. The fraction of sp³-hybridized carbons (Fsp3) is 0.600. The van der Waals surface area contributed by atoms with Gasteiger partial charge in [-0.2, -0.15) is 21.6 Å². The SMILES string of the molecule is O=C(O)C1=C(OS(=O)(=O)C(F)(F)F)CN(C(=O)O)C2(CC2)C1. The van der Waals surface area contributed by atoms with Crippen LogP contribution in [0.25, 0.3) is 0 Å². The van der Waals surface area contributed by atoms with Gasteiger partial charge in [0.2, 0.25) is 0 Å². The second-order valence-corrected chi connectivity index (χ2v) is 6.50. The molecule has 0 aromatic heterocycles. The van der Waals surface area contributed by atoms with Crippen LogP contribution < -0.4 is 0 Å². The Balaban J connectivity index is 2.41. The lowest BCUT2D eigenvalue weighted by atomic mass is 9.97. The average Bonchev–Trinajstić information content (AvgIpc) is 3.09. The Morgan fingerprint density at radius 1 is 1.23 bits per heavy atom. The Morgan fingerprint density at radius 3 is 2.14 bits per heavy atom. The first kappa shape index (κ1) is 16.4. The van der Waals surface area contributed by atoms with Gasteiger partial charge in [0.15, 0.2) is 0 Å². The summed E-state index contributed by atoms with van der Waals surface area (Å²) in [5.74, 6) is -2.69. The number of hydrogen-bond donors (Lipinski definition) is 2. The molecule has 1 spiro atoms. The van der Waals surface area contributed by atoms with Gasteiger partial charge in [0, 0.05) is 6.42 Å². The number of aliphatic carboxylic acids is 1. The molecule has 1 heterocycles. The lowest BCUT2D eigenvalue weighted by Gasteiger charge is -2.35. The second kappa shape index (κ2) is 4.76. The number of rotatable bonds is 3. The van der Waals surface area contributed by atoms with Gasteiger partial charge < -0.3 is 14.4 Å². The number of amides is 1. The van der Waals surface area contributed by atoms with E-state index in [4.69, 9.17) is 10.2 Å². The van der Waals surface area contributed by atoms with Crippen LogP contribution in [0.1, 0.15) is 19.3 Å². The molecule has 0 radical (unpaired) electrons. The first-order chi connectivity index (χ1) is 9.90. The van der Waals surface area contributed by atoms with E-state index in [-0.39, 0.29) is 0 Å². The minimum absolute atomic E-state index is 0.343. The summed E-state index contributed by atoms with van der Waals surface area (Å²) in [4.78, 5) is 22.9. The molecule has 1 amide bonds. The van der Waals surface area contributed by atoms with E-state index >= 15 is 0 Å². The molecule has 1 fully saturated rings. The predicted molar refractivity (Wildman–Crippen MR) is 62.0 cm³/mol. The zero-order valence-electron chi connectivity index (χ0n) is 10.8. The first-order valence-corrected chi connectivity index (χ1v) is 7.27. The van der Waals surface area contributed by atoms with Gasteiger partial charge in [-0.05, 0) is 12.8 Å². The molecule has 1 aliphatic carbocycles. The standard InChI is InChI=1S/C10H10F3NO7S/c11-10(12,13)22(19,20)21-6-4-14(8(17)18)9(1-2-9)3-5(6)7(15)16/h1-4H2,(H,15,16)(H,17,18). The van der Waals surface area contributed by atoms with Gasteiger partial charge >= 0.3 is 27.7 Å². The average molecular weight is 345 g/mol. The molecule has 1 saturated carbocycles. The summed E-state index contributed by atoms with van der Waals surface area (Å²) in [7, 11) is -6.07. The molecule has 0 aromatic carbocycles. The van der Waals surface area contributed by atoms with Crippen molar-refractivity contribution in [2.45, 2.75) is 30.3 Å². The molecule has 0 saturated heterocycles. The van der Waals surface area contributed by atoms with E-state index in [2.05, 4.69) is 4.18 Å². The normalized spacial score (nSPS) is 21.0. The van der Waals surface area contributed by atoms with E-state index < -0.39 is 57.5 Å². The number of carboxylic acid groups (broad SMARTS) is 2. The van der Waals surface area contributed by atoms with Gasteiger partial charge in [0.05, 0.1) is 17.7 Å². The van der Waals surface area contributed by atoms with Crippen LogP contribution in [0.5, 0.6) is 0 Å². The summed E-state index contributed by atoms with van der Waals surface area (Å²) in [6, 6.07) is 0.